The number of aryl methyl sites for hydroxylation is 1. The van der Waals surface area contributed by atoms with Crippen molar-refractivity contribution in [2.45, 2.75) is 32.9 Å². The number of rotatable bonds is 5. The molecule has 0 amide bonds. The smallest absolute Gasteiger partial charge is 0.310 e. The zero-order valence-corrected chi connectivity index (χ0v) is 12.4. The molecule has 0 radical (unpaired) electrons. The molecular weight excluding hydrogens is 254 g/mol. The lowest BCUT2D eigenvalue weighted by Crippen LogP contribution is -2.44. The summed E-state index contributed by atoms with van der Waals surface area (Å²) in [6.07, 6.45) is 0. The SMILES string of the molecule is CCN(C(C)c1ccccc1C)C1COCC1C(=O)O. The van der Waals surface area contributed by atoms with E-state index in [0.717, 1.165) is 6.54 Å². The van der Waals surface area contributed by atoms with Gasteiger partial charge in [0.2, 0.25) is 0 Å². The van der Waals surface area contributed by atoms with Crippen LogP contribution in [0.5, 0.6) is 0 Å². The Morgan fingerprint density at radius 3 is 2.75 bits per heavy atom. The lowest BCUT2D eigenvalue weighted by Gasteiger charge is -2.35. The summed E-state index contributed by atoms with van der Waals surface area (Å²) in [5.74, 6) is -1.19. The molecule has 1 aromatic carbocycles. The van der Waals surface area contributed by atoms with Gasteiger partial charge in [-0.3, -0.25) is 9.69 Å². The van der Waals surface area contributed by atoms with Crippen molar-refractivity contribution >= 4 is 5.97 Å². The van der Waals surface area contributed by atoms with Crippen LogP contribution in [0.25, 0.3) is 0 Å². The van der Waals surface area contributed by atoms with E-state index in [0.29, 0.717) is 13.2 Å². The van der Waals surface area contributed by atoms with Crippen LogP contribution in [0.2, 0.25) is 0 Å². The lowest BCUT2D eigenvalue weighted by molar-refractivity contribution is -0.143. The molecule has 4 nitrogen and oxygen atoms in total. The molecule has 20 heavy (non-hydrogen) atoms. The van der Waals surface area contributed by atoms with Gasteiger partial charge in [-0.25, -0.2) is 0 Å². The first-order valence-electron chi connectivity index (χ1n) is 7.18. The minimum absolute atomic E-state index is 0.0490. The van der Waals surface area contributed by atoms with Gasteiger partial charge in [0.15, 0.2) is 0 Å². The Bertz CT molecular complexity index is 475. The van der Waals surface area contributed by atoms with E-state index in [2.05, 4.69) is 37.8 Å². The van der Waals surface area contributed by atoms with Crippen molar-refractivity contribution in [2.24, 2.45) is 5.92 Å². The Labute approximate surface area is 120 Å². The highest BCUT2D eigenvalue weighted by atomic mass is 16.5. The van der Waals surface area contributed by atoms with Gasteiger partial charge >= 0.3 is 5.97 Å². The maximum Gasteiger partial charge on any atom is 0.310 e. The molecule has 0 saturated carbocycles. The molecule has 1 aliphatic heterocycles. The fourth-order valence-corrected chi connectivity index (χ4v) is 3.14. The first-order valence-corrected chi connectivity index (χ1v) is 7.18. The predicted octanol–water partition coefficient (Wildman–Crippen LogP) is 2.48. The number of aliphatic carboxylic acids is 1. The Balaban J connectivity index is 2.24. The summed E-state index contributed by atoms with van der Waals surface area (Å²) in [5, 5.41) is 9.33. The first-order chi connectivity index (χ1) is 9.56. The lowest BCUT2D eigenvalue weighted by atomic mass is 9.96. The highest BCUT2D eigenvalue weighted by Crippen LogP contribution is 2.30. The molecule has 1 aliphatic rings. The molecule has 1 heterocycles. The van der Waals surface area contributed by atoms with Crippen LogP contribution >= 0.6 is 0 Å². The Kier molecular flexibility index (Phi) is 4.78. The summed E-state index contributed by atoms with van der Waals surface area (Å²) in [7, 11) is 0. The van der Waals surface area contributed by atoms with Crippen molar-refractivity contribution in [2.75, 3.05) is 19.8 Å². The van der Waals surface area contributed by atoms with Crippen LogP contribution < -0.4 is 0 Å². The predicted molar refractivity (Wildman–Crippen MR) is 77.7 cm³/mol. The third-order valence-corrected chi connectivity index (χ3v) is 4.29. The normalized spacial score (nSPS) is 24.0. The highest BCUT2D eigenvalue weighted by molar-refractivity contribution is 5.71. The van der Waals surface area contributed by atoms with Gasteiger partial charge in [0.1, 0.15) is 0 Å². The monoisotopic (exact) mass is 277 g/mol. The van der Waals surface area contributed by atoms with E-state index in [-0.39, 0.29) is 12.1 Å². The van der Waals surface area contributed by atoms with E-state index in [4.69, 9.17) is 4.74 Å². The number of benzene rings is 1. The van der Waals surface area contributed by atoms with Crippen LogP contribution in [0.1, 0.15) is 31.0 Å². The number of ether oxygens (including phenoxy) is 1. The number of carbonyl (C=O) groups is 1. The minimum atomic E-state index is -0.761. The van der Waals surface area contributed by atoms with Crippen LogP contribution in [0, 0.1) is 12.8 Å². The number of carboxylic acids is 1. The number of likely N-dealkylation sites (N-methyl/N-ethyl adjacent to an activating group) is 1. The molecule has 1 N–H and O–H groups in total. The molecular formula is C16H23NO3. The first kappa shape index (κ1) is 15.0. The van der Waals surface area contributed by atoms with Crippen LogP contribution in [0.3, 0.4) is 0 Å². The van der Waals surface area contributed by atoms with Gasteiger partial charge in [0.05, 0.1) is 19.1 Å². The van der Waals surface area contributed by atoms with Crippen molar-refractivity contribution in [1.82, 2.24) is 4.90 Å². The molecule has 0 bridgehead atoms. The molecule has 1 aromatic rings. The van der Waals surface area contributed by atoms with E-state index < -0.39 is 11.9 Å². The Hall–Kier alpha value is -1.39. The Morgan fingerprint density at radius 1 is 1.45 bits per heavy atom. The second-order valence-corrected chi connectivity index (χ2v) is 5.41. The fraction of sp³-hybridized carbons (Fsp3) is 0.562. The zero-order valence-electron chi connectivity index (χ0n) is 12.4. The molecule has 0 aliphatic carbocycles. The molecule has 0 spiro atoms. The van der Waals surface area contributed by atoms with Gasteiger partial charge in [-0.1, -0.05) is 31.2 Å². The quantitative estimate of drug-likeness (QED) is 0.898. The van der Waals surface area contributed by atoms with Gasteiger partial charge in [-0.05, 0) is 31.5 Å². The highest BCUT2D eigenvalue weighted by Gasteiger charge is 2.39. The fourth-order valence-electron chi connectivity index (χ4n) is 3.14. The van der Waals surface area contributed by atoms with Crippen LogP contribution in [-0.4, -0.2) is 41.8 Å². The summed E-state index contributed by atoms with van der Waals surface area (Å²) >= 11 is 0. The molecule has 1 saturated heterocycles. The maximum atomic E-state index is 11.4. The van der Waals surface area contributed by atoms with E-state index in [1.165, 1.54) is 11.1 Å². The van der Waals surface area contributed by atoms with Gasteiger partial charge in [0, 0.05) is 12.1 Å². The Morgan fingerprint density at radius 2 is 2.15 bits per heavy atom. The third-order valence-electron chi connectivity index (χ3n) is 4.29. The summed E-state index contributed by atoms with van der Waals surface area (Å²) in [6, 6.07) is 8.42. The second kappa shape index (κ2) is 6.37. The zero-order chi connectivity index (χ0) is 14.7. The van der Waals surface area contributed by atoms with Crippen molar-refractivity contribution in [3.8, 4) is 0 Å². The largest absolute Gasteiger partial charge is 0.481 e. The number of carboxylic acid groups (broad SMARTS) is 1. The summed E-state index contributed by atoms with van der Waals surface area (Å²) < 4.78 is 5.41. The average molecular weight is 277 g/mol. The van der Waals surface area contributed by atoms with E-state index >= 15 is 0 Å². The second-order valence-electron chi connectivity index (χ2n) is 5.41. The van der Waals surface area contributed by atoms with Crippen molar-refractivity contribution in [1.29, 1.82) is 0 Å². The minimum Gasteiger partial charge on any atom is -0.481 e. The molecule has 1 fully saturated rings. The average Bonchev–Trinajstić information content (AvgIpc) is 2.89. The van der Waals surface area contributed by atoms with Crippen LogP contribution in [0.15, 0.2) is 24.3 Å². The molecule has 3 unspecified atom stereocenters. The summed E-state index contributed by atoms with van der Waals surface area (Å²) in [5.41, 5.74) is 2.50. The van der Waals surface area contributed by atoms with Crippen molar-refractivity contribution in [3.05, 3.63) is 35.4 Å². The molecule has 2 rings (SSSR count). The number of nitrogens with zero attached hydrogens (tertiary/aromatic N) is 1. The van der Waals surface area contributed by atoms with Crippen molar-refractivity contribution in [3.63, 3.8) is 0 Å². The molecule has 110 valence electrons. The summed E-state index contributed by atoms with van der Waals surface area (Å²) in [6.45, 7) is 7.94. The third kappa shape index (κ3) is 2.86. The van der Waals surface area contributed by atoms with Gasteiger partial charge in [-0.15, -0.1) is 0 Å². The van der Waals surface area contributed by atoms with Crippen LogP contribution in [-0.2, 0) is 9.53 Å². The number of hydrogen-bond donors (Lipinski definition) is 1. The standard InChI is InChI=1S/C16H23NO3/c1-4-17(15-10-20-9-14(15)16(18)19)12(3)13-8-6-5-7-11(13)2/h5-8,12,14-15H,4,9-10H2,1-3H3,(H,18,19). The van der Waals surface area contributed by atoms with Gasteiger partial charge in [-0.2, -0.15) is 0 Å². The maximum absolute atomic E-state index is 11.4. The molecule has 4 heteroatoms. The van der Waals surface area contributed by atoms with E-state index in [1.54, 1.807) is 0 Å². The summed E-state index contributed by atoms with van der Waals surface area (Å²) in [4.78, 5) is 13.6. The van der Waals surface area contributed by atoms with Gasteiger partial charge < -0.3 is 9.84 Å². The van der Waals surface area contributed by atoms with Crippen molar-refractivity contribution < 1.29 is 14.6 Å². The topological polar surface area (TPSA) is 49.8 Å². The van der Waals surface area contributed by atoms with Gasteiger partial charge in [0.25, 0.3) is 0 Å². The molecule has 0 aromatic heterocycles. The number of hydrogen-bond acceptors (Lipinski definition) is 3. The molecule has 3 atom stereocenters. The van der Waals surface area contributed by atoms with E-state index in [1.807, 2.05) is 12.1 Å². The van der Waals surface area contributed by atoms with Crippen LogP contribution in [0.4, 0.5) is 0 Å². The van der Waals surface area contributed by atoms with E-state index in [9.17, 15) is 9.90 Å².